The lowest BCUT2D eigenvalue weighted by atomic mass is 9.98. The fourth-order valence-corrected chi connectivity index (χ4v) is 2.01. The van der Waals surface area contributed by atoms with E-state index in [4.69, 9.17) is 11.5 Å². The molecule has 0 radical (unpaired) electrons. The lowest BCUT2D eigenvalue weighted by Gasteiger charge is -2.10. The molecule has 0 aliphatic rings. The van der Waals surface area contributed by atoms with E-state index in [1.807, 2.05) is 48.5 Å². The molecule has 2 heteroatoms. The van der Waals surface area contributed by atoms with Gasteiger partial charge in [0.05, 0.1) is 5.82 Å². The van der Waals surface area contributed by atoms with Crippen LogP contribution in [-0.4, -0.2) is 0 Å². The number of aryl methyl sites for hydroxylation is 1. The van der Waals surface area contributed by atoms with Crippen LogP contribution in [0.4, 0.5) is 0 Å². The summed E-state index contributed by atoms with van der Waals surface area (Å²) in [6.07, 6.45) is 1.80. The number of hydrogen-bond acceptors (Lipinski definition) is 2. The van der Waals surface area contributed by atoms with E-state index in [9.17, 15) is 0 Å². The summed E-state index contributed by atoms with van der Waals surface area (Å²) in [5.41, 5.74) is 15.0. The van der Waals surface area contributed by atoms with E-state index in [0.717, 1.165) is 24.0 Å². The van der Waals surface area contributed by atoms with Crippen molar-refractivity contribution < 1.29 is 0 Å². The van der Waals surface area contributed by atoms with Gasteiger partial charge in [-0.1, -0.05) is 60.7 Å². The number of rotatable bonds is 4. The third kappa shape index (κ3) is 3.14. The van der Waals surface area contributed by atoms with E-state index in [1.165, 1.54) is 5.56 Å². The predicted molar refractivity (Wildman–Crippen MR) is 76.5 cm³/mol. The quantitative estimate of drug-likeness (QED) is 0.860. The molecule has 0 aliphatic heterocycles. The first-order valence-corrected chi connectivity index (χ1v) is 6.11. The van der Waals surface area contributed by atoms with Gasteiger partial charge in [0.2, 0.25) is 0 Å². The van der Waals surface area contributed by atoms with Gasteiger partial charge in [-0.05, 0) is 29.5 Å². The van der Waals surface area contributed by atoms with E-state index in [0.29, 0.717) is 5.82 Å². The molecule has 0 amide bonds. The molecule has 0 fully saturated rings. The molecule has 2 aromatic carbocycles. The first kappa shape index (κ1) is 12.2. The van der Waals surface area contributed by atoms with Crippen molar-refractivity contribution in [3.63, 3.8) is 0 Å². The summed E-state index contributed by atoms with van der Waals surface area (Å²) < 4.78 is 0. The number of hydrogen-bond donors (Lipinski definition) is 2. The molecular formula is C16H18N2. The monoisotopic (exact) mass is 238 g/mol. The van der Waals surface area contributed by atoms with Gasteiger partial charge in [0, 0.05) is 0 Å². The van der Waals surface area contributed by atoms with Crippen LogP contribution >= 0.6 is 0 Å². The van der Waals surface area contributed by atoms with Crippen LogP contribution in [0.15, 0.2) is 66.5 Å². The van der Waals surface area contributed by atoms with E-state index < -0.39 is 0 Å². The van der Waals surface area contributed by atoms with Crippen molar-refractivity contribution in [1.29, 1.82) is 0 Å². The Morgan fingerprint density at radius 2 is 1.33 bits per heavy atom. The second-order valence-electron chi connectivity index (χ2n) is 4.29. The SMILES string of the molecule is NC(N)=C(CCc1ccccc1)c1ccccc1. The molecule has 0 bridgehead atoms. The largest absolute Gasteiger partial charge is 0.385 e. The summed E-state index contributed by atoms with van der Waals surface area (Å²) in [7, 11) is 0. The minimum atomic E-state index is 0.414. The van der Waals surface area contributed by atoms with Crippen molar-refractivity contribution in [3.8, 4) is 0 Å². The molecule has 2 rings (SSSR count). The topological polar surface area (TPSA) is 52.0 Å². The average molecular weight is 238 g/mol. The van der Waals surface area contributed by atoms with Gasteiger partial charge >= 0.3 is 0 Å². The lowest BCUT2D eigenvalue weighted by molar-refractivity contribution is 0.998. The first-order valence-electron chi connectivity index (χ1n) is 6.11. The molecule has 0 aliphatic carbocycles. The van der Waals surface area contributed by atoms with Crippen LogP contribution in [0, 0.1) is 0 Å². The molecular weight excluding hydrogens is 220 g/mol. The minimum absolute atomic E-state index is 0.414. The Hall–Kier alpha value is -2.22. The average Bonchev–Trinajstić information content (AvgIpc) is 2.41. The fraction of sp³-hybridized carbons (Fsp3) is 0.125. The fourth-order valence-electron chi connectivity index (χ4n) is 2.01. The Bertz CT molecular complexity index is 511. The van der Waals surface area contributed by atoms with Crippen LogP contribution in [-0.2, 0) is 6.42 Å². The van der Waals surface area contributed by atoms with Gasteiger partial charge in [-0.25, -0.2) is 0 Å². The molecule has 4 N–H and O–H groups in total. The summed E-state index contributed by atoms with van der Waals surface area (Å²) in [6, 6.07) is 20.4. The van der Waals surface area contributed by atoms with Gasteiger partial charge in [0.1, 0.15) is 0 Å². The Labute approximate surface area is 108 Å². The van der Waals surface area contributed by atoms with Crippen molar-refractivity contribution in [1.82, 2.24) is 0 Å². The Balaban J connectivity index is 2.13. The summed E-state index contributed by atoms with van der Waals surface area (Å²) in [4.78, 5) is 0. The van der Waals surface area contributed by atoms with Crippen LogP contribution in [0.3, 0.4) is 0 Å². The molecule has 0 saturated heterocycles. The molecule has 92 valence electrons. The second-order valence-corrected chi connectivity index (χ2v) is 4.29. The highest BCUT2D eigenvalue weighted by Gasteiger charge is 2.05. The van der Waals surface area contributed by atoms with E-state index >= 15 is 0 Å². The molecule has 0 atom stereocenters. The maximum Gasteiger partial charge on any atom is 0.0972 e. The molecule has 18 heavy (non-hydrogen) atoms. The first-order chi connectivity index (χ1) is 8.77. The Morgan fingerprint density at radius 1 is 0.778 bits per heavy atom. The van der Waals surface area contributed by atoms with Crippen molar-refractivity contribution in [2.75, 3.05) is 0 Å². The maximum atomic E-state index is 5.79. The zero-order valence-corrected chi connectivity index (χ0v) is 10.3. The Kier molecular flexibility index (Phi) is 4.02. The maximum absolute atomic E-state index is 5.79. The van der Waals surface area contributed by atoms with Crippen LogP contribution < -0.4 is 11.5 Å². The molecule has 0 aromatic heterocycles. The predicted octanol–water partition coefficient (Wildman–Crippen LogP) is 2.91. The minimum Gasteiger partial charge on any atom is -0.385 e. The van der Waals surface area contributed by atoms with E-state index in [-0.39, 0.29) is 0 Å². The smallest absolute Gasteiger partial charge is 0.0972 e. The molecule has 2 aromatic rings. The summed E-state index contributed by atoms with van der Waals surface area (Å²) >= 11 is 0. The van der Waals surface area contributed by atoms with Crippen molar-refractivity contribution in [3.05, 3.63) is 77.6 Å². The van der Waals surface area contributed by atoms with Gasteiger partial charge in [0.25, 0.3) is 0 Å². The van der Waals surface area contributed by atoms with Crippen LogP contribution in [0.25, 0.3) is 5.57 Å². The molecule has 0 heterocycles. The van der Waals surface area contributed by atoms with Gasteiger partial charge in [-0.2, -0.15) is 0 Å². The summed E-state index contributed by atoms with van der Waals surface area (Å²) in [5.74, 6) is 0.414. The summed E-state index contributed by atoms with van der Waals surface area (Å²) in [5, 5.41) is 0. The normalized spacial score (nSPS) is 10.0. The lowest BCUT2D eigenvalue weighted by Crippen LogP contribution is -2.12. The molecule has 0 spiro atoms. The Morgan fingerprint density at radius 3 is 1.89 bits per heavy atom. The van der Waals surface area contributed by atoms with Crippen LogP contribution in [0.2, 0.25) is 0 Å². The van der Waals surface area contributed by atoms with Crippen molar-refractivity contribution in [2.45, 2.75) is 12.8 Å². The van der Waals surface area contributed by atoms with Crippen LogP contribution in [0.5, 0.6) is 0 Å². The van der Waals surface area contributed by atoms with Gasteiger partial charge in [-0.3, -0.25) is 0 Å². The molecule has 2 nitrogen and oxygen atoms in total. The molecule has 0 saturated carbocycles. The number of allylic oxidation sites excluding steroid dienone is 1. The third-order valence-electron chi connectivity index (χ3n) is 2.98. The highest BCUT2D eigenvalue weighted by atomic mass is 14.8. The van der Waals surface area contributed by atoms with Crippen molar-refractivity contribution >= 4 is 5.57 Å². The number of nitrogens with two attached hydrogens (primary N) is 2. The summed E-state index contributed by atoms with van der Waals surface area (Å²) in [6.45, 7) is 0. The van der Waals surface area contributed by atoms with Crippen LogP contribution in [0.1, 0.15) is 17.5 Å². The van der Waals surface area contributed by atoms with E-state index in [2.05, 4.69) is 12.1 Å². The zero-order chi connectivity index (χ0) is 12.8. The second kappa shape index (κ2) is 5.92. The highest BCUT2D eigenvalue weighted by molar-refractivity contribution is 5.67. The standard InChI is InChI=1S/C16H18N2/c17-16(18)15(14-9-5-2-6-10-14)12-11-13-7-3-1-4-8-13/h1-10H,11-12,17-18H2. The van der Waals surface area contributed by atoms with Crippen molar-refractivity contribution in [2.24, 2.45) is 11.5 Å². The number of benzene rings is 2. The molecule has 0 unspecified atom stereocenters. The van der Waals surface area contributed by atoms with Gasteiger partial charge in [0.15, 0.2) is 0 Å². The highest BCUT2D eigenvalue weighted by Crippen LogP contribution is 2.20. The van der Waals surface area contributed by atoms with E-state index in [1.54, 1.807) is 0 Å². The zero-order valence-electron chi connectivity index (χ0n) is 10.3. The third-order valence-corrected chi connectivity index (χ3v) is 2.98. The van der Waals surface area contributed by atoms with Gasteiger partial charge < -0.3 is 11.5 Å². The van der Waals surface area contributed by atoms with Gasteiger partial charge in [-0.15, -0.1) is 0 Å².